The molecule has 0 spiro atoms. The Morgan fingerprint density at radius 3 is 2.48 bits per heavy atom. The van der Waals surface area contributed by atoms with Gasteiger partial charge in [-0.15, -0.1) is 0 Å². The van der Waals surface area contributed by atoms with Crippen molar-refractivity contribution in [1.82, 2.24) is 10.2 Å². The molecule has 3 amide bonds. The van der Waals surface area contributed by atoms with Gasteiger partial charge in [0.25, 0.3) is 5.91 Å². The number of carbonyl (C=O) groups excluding carboxylic acids is 2. The van der Waals surface area contributed by atoms with Gasteiger partial charge in [0.05, 0.1) is 12.2 Å². The number of ether oxygens (including phenoxy) is 1. The highest BCUT2D eigenvalue weighted by atomic mass is 16.5. The van der Waals surface area contributed by atoms with E-state index in [2.05, 4.69) is 10.6 Å². The van der Waals surface area contributed by atoms with Crippen molar-refractivity contribution in [1.29, 1.82) is 0 Å². The number of hydrogen-bond donors (Lipinski definition) is 2. The van der Waals surface area contributed by atoms with Gasteiger partial charge in [-0.2, -0.15) is 0 Å². The molecule has 0 saturated carbocycles. The summed E-state index contributed by atoms with van der Waals surface area (Å²) in [5.41, 5.74) is 1.16. The molecule has 23 heavy (non-hydrogen) atoms. The second-order valence-electron chi connectivity index (χ2n) is 6.30. The summed E-state index contributed by atoms with van der Waals surface area (Å²) < 4.78 is 5.66. The molecule has 1 aliphatic heterocycles. The summed E-state index contributed by atoms with van der Waals surface area (Å²) in [6.45, 7) is 8.86. The van der Waals surface area contributed by atoms with E-state index in [0.717, 1.165) is 0 Å². The molecular formula is C17H25N3O3. The lowest BCUT2D eigenvalue weighted by Crippen LogP contribution is -2.48. The molecular weight excluding hydrogens is 294 g/mol. The Labute approximate surface area is 137 Å². The van der Waals surface area contributed by atoms with Gasteiger partial charge in [0.2, 0.25) is 0 Å². The van der Waals surface area contributed by atoms with Crippen molar-refractivity contribution >= 4 is 17.6 Å². The van der Waals surface area contributed by atoms with E-state index in [1.807, 2.05) is 27.7 Å². The number of rotatable bonds is 3. The summed E-state index contributed by atoms with van der Waals surface area (Å²) in [5, 5.41) is 5.50. The molecule has 0 radical (unpaired) electrons. The largest absolute Gasteiger partial charge is 0.372 e. The highest BCUT2D eigenvalue weighted by Gasteiger charge is 2.26. The van der Waals surface area contributed by atoms with E-state index in [1.54, 1.807) is 29.2 Å². The van der Waals surface area contributed by atoms with E-state index in [9.17, 15) is 9.59 Å². The van der Waals surface area contributed by atoms with Crippen LogP contribution in [0.4, 0.5) is 10.5 Å². The van der Waals surface area contributed by atoms with Crippen LogP contribution in [0.2, 0.25) is 0 Å². The second-order valence-corrected chi connectivity index (χ2v) is 6.30. The maximum absolute atomic E-state index is 12.6. The lowest BCUT2D eigenvalue weighted by molar-refractivity contribution is -0.0586. The SMILES string of the molecule is CC(C)NC(=O)Nc1cccc(C(=O)N2C[C@@H](C)O[C@@H](C)C2)c1. The summed E-state index contributed by atoms with van der Waals surface area (Å²) in [6.07, 6.45) is 0.0571. The fourth-order valence-electron chi connectivity index (χ4n) is 2.69. The van der Waals surface area contributed by atoms with Crippen molar-refractivity contribution in [3.05, 3.63) is 29.8 Å². The minimum Gasteiger partial charge on any atom is -0.372 e. The number of nitrogens with one attached hydrogen (secondary N) is 2. The molecule has 6 nitrogen and oxygen atoms in total. The molecule has 126 valence electrons. The predicted molar refractivity (Wildman–Crippen MR) is 89.6 cm³/mol. The van der Waals surface area contributed by atoms with Gasteiger partial charge in [0, 0.05) is 30.4 Å². The molecule has 2 atom stereocenters. The third kappa shape index (κ3) is 4.96. The normalized spacial score (nSPS) is 21.2. The van der Waals surface area contributed by atoms with Gasteiger partial charge in [0.1, 0.15) is 0 Å². The van der Waals surface area contributed by atoms with Gasteiger partial charge >= 0.3 is 6.03 Å². The number of carbonyl (C=O) groups is 2. The first-order valence-electron chi connectivity index (χ1n) is 7.97. The van der Waals surface area contributed by atoms with Crippen molar-refractivity contribution in [2.24, 2.45) is 0 Å². The van der Waals surface area contributed by atoms with Crippen LogP contribution in [0.15, 0.2) is 24.3 Å². The quantitative estimate of drug-likeness (QED) is 0.899. The molecule has 0 unspecified atom stereocenters. The number of morpholine rings is 1. The molecule has 2 N–H and O–H groups in total. The van der Waals surface area contributed by atoms with Crippen LogP contribution in [0, 0.1) is 0 Å². The highest BCUT2D eigenvalue weighted by molar-refractivity contribution is 5.97. The summed E-state index contributed by atoms with van der Waals surface area (Å²) in [4.78, 5) is 26.2. The average molecular weight is 319 g/mol. The third-order valence-electron chi connectivity index (χ3n) is 3.49. The Kier molecular flexibility index (Phi) is 5.60. The van der Waals surface area contributed by atoms with Crippen LogP contribution < -0.4 is 10.6 Å². The molecule has 1 aliphatic rings. The molecule has 1 saturated heterocycles. The number of nitrogens with zero attached hydrogens (tertiary/aromatic N) is 1. The van der Waals surface area contributed by atoms with Crippen molar-refractivity contribution in [2.75, 3.05) is 18.4 Å². The average Bonchev–Trinajstić information content (AvgIpc) is 2.44. The van der Waals surface area contributed by atoms with Crippen molar-refractivity contribution < 1.29 is 14.3 Å². The lowest BCUT2D eigenvalue weighted by Gasteiger charge is -2.35. The zero-order valence-electron chi connectivity index (χ0n) is 14.1. The van der Waals surface area contributed by atoms with E-state index < -0.39 is 0 Å². The van der Waals surface area contributed by atoms with Crippen LogP contribution in [0.25, 0.3) is 0 Å². The molecule has 0 aromatic heterocycles. The van der Waals surface area contributed by atoms with Gasteiger partial charge in [0.15, 0.2) is 0 Å². The maximum atomic E-state index is 12.6. The van der Waals surface area contributed by atoms with Crippen molar-refractivity contribution in [3.8, 4) is 0 Å². The Morgan fingerprint density at radius 1 is 1.22 bits per heavy atom. The topological polar surface area (TPSA) is 70.7 Å². The molecule has 1 aromatic carbocycles. The summed E-state index contributed by atoms with van der Waals surface area (Å²) >= 11 is 0. The Morgan fingerprint density at radius 2 is 1.87 bits per heavy atom. The molecule has 0 aliphatic carbocycles. The van der Waals surface area contributed by atoms with E-state index >= 15 is 0 Å². The molecule has 0 bridgehead atoms. The number of hydrogen-bond acceptors (Lipinski definition) is 3. The Hall–Kier alpha value is -2.08. The Bertz CT molecular complexity index is 564. The maximum Gasteiger partial charge on any atom is 0.319 e. The predicted octanol–water partition coefficient (Wildman–Crippen LogP) is 2.47. The lowest BCUT2D eigenvalue weighted by atomic mass is 10.1. The molecule has 1 heterocycles. The van der Waals surface area contributed by atoms with Gasteiger partial charge < -0.3 is 20.3 Å². The van der Waals surface area contributed by atoms with Crippen LogP contribution in [-0.2, 0) is 4.74 Å². The summed E-state index contributed by atoms with van der Waals surface area (Å²) in [7, 11) is 0. The minimum absolute atomic E-state index is 0.0285. The first-order chi connectivity index (χ1) is 10.8. The summed E-state index contributed by atoms with van der Waals surface area (Å²) in [6, 6.07) is 6.77. The zero-order valence-corrected chi connectivity index (χ0v) is 14.1. The first-order valence-corrected chi connectivity index (χ1v) is 7.97. The van der Waals surface area contributed by atoms with E-state index in [1.165, 1.54) is 0 Å². The first kappa shape index (κ1) is 17.3. The zero-order chi connectivity index (χ0) is 17.0. The number of urea groups is 1. The molecule has 6 heteroatoms. The van der Waals surface area contributed by atoms with Crippen LogP contribution in [0.1, 0.15) is 38.1 Å². The number of anilines is 1. The van der Waals surface area contributed by atoms with Crippen LogP contribution in [0.5, 0.6) is 0 Å². The van der Waals surface area contributed by atoms with Crippen LogP contribution in [0.3, 0.4) is 0 Å². The van der Waals surface area contributed by atoms with Gasteiger partial charge in [-0.25, -0.2) is 4.79 Å². The third-order valence-corrected chi connectivity index (χ3v) is 3.49. The second kappa shape index (κ2) is 7.46. The highest BCUT2D eigenvalue weighted by Crippen LogP contribution is 2.17. The van der Waals surface area contributed by atoms with Crippen LogP contribution in [-0.4, -0.2) is 48.2 Å². The van der Waals surface area contributed by atoms with E-state index in [-0.39, 0.29) is 30.2 Å². The molecule has 1 fully saturated rings. The fourth-order valence-corrected chi connectivity index (χ4v) is 2.69. The fraction of sp³-hybridized carbons (Fsp3) is 0.529. The smallest absolute Gasteiger partial charge is 0.319 e. The van der Waals surface area contributed by atoms with E-state index in [4.69, 9.17) is 4.74 Å². The monoisotopic (exact) mass is 319 g/mol. The van der Waals surface area contributed by atoms with Crippen LogP contribution >= 0.6 is 0 Å². The molecule has 2 rings (SSSR count). The Balaban J connectivity index is 2.06. The van der Waals surface area contributed by atoms with Crippen molar-refractivity contribution in [3.63, 3.8) is 0 Å². The number of amides is 3. The standard InChI is InChI=1S/C17H25N3O3/c1-11(2)18-17(22)19-15-7-5-6-14(8-15)16(21)20-9-12(3)23-13(4)10-20/h5-8,11-13H,9-10H2,1-4H3,(H2,18,19,22)/t12-,13+. The minimum atomic E-state index is -0.279. The van der Waals surface area contributed by atoms with Gasteiger partial charge in [-0.3, -0.25) is 4.79 Å². The summed E-state index contributed by atoms with van der Waals surface area (Å²) in [5.74, 6) is -0.0417. The van der Waals surface area contributed by atoms with Gasteiger partial charge in [-0.05, 0) is 45.9 Å². The molecule has 1 aromatic rings. The number of benzene rings is 1. The van der Waals surface area contributed by atoms with Crippen molar-refractivity contribution in [2.45, 2.75) is 45.9 Å². The van der Waals surface area contributed by atoms with Gasteiger partial charge in [-0.1, -0.05) is 6.07 Å². The van der Waals surface area contributed by atoms with E-state index in [0.29, 0.717) is 24.3 Å².